The average Bonchev–Trinajstić information content (AvgIpc) is 2.59. The molecule has 0 fully saturated rings. The van der Waals surface area contributed by atoms with Gasteiger partial charge < -0.3 is 14.6 Å². The van der Waals surface area contributed by atoms with Gasteiger partial charge >= 0.3 is 0 Å². The highest BCUT2D eigenvalue weighted by molar-refractivity contribution is 9.13. The van der Waals surface area contributed by atoms with Gasteiger partial charge in [0.1, 0.15) is 23.9 Å². The minimum Gasteiger partial charge on any atom is -0.506 e. The first kappa shape index (κ1) is 17.1. The van der Waals surface area contributed by atoms with Crippen LogP contribution in [0.2, 0.25) is 0 Å². The molecule has 0 aromatic heterocycles. The molecule has 0 atom stereocenters. The third-order valence-corrected chi connectivity index (χ3v) is 5.83. The predicted octanol–water partition coefficient (Wildman–Crippen LogP) is 5.97. The molecule has 0 spiro atoms. The molecule has 3 aromatic rings. The van der Waals surface area contributed by atoms with Crippen LogP contribution >= 0.6 is 31.9 Å². The summed E-state index contributed by atoms with van der Waals surface area (Å²) in [6.07, 6.45) is 0. The number of hydrogen-bond acceptors (Lipinski definition) is 3. The summed E-state index contributed by atoms with van der Waals surface area (Å²) in [6, 6.07) is 13.8. The molecule has 5 heteroatoms. The van der Waals surface area contributed by atoms with Gasteiger partial charge in [0.2, 0.25) is 0 Å². The van der Waals surface area contributed by atoms with E-state index in [1.807, 2.05) is 49.4 Å². The van der Waals surface area contributed by atoms with Crippen molar-refractivity contribution in [3.63, 3.8) is 0 Å². The maximum Gasteiger partial charge on any atom is 0.142 e. The van der Waals surface area contributed by atoms with Crippen molar-refractivity contribution >= 4 is 42.6 Å². The van der Waals surface area contributed by atoms with E-state index in [1.54, 1.807) is 7.11 Å². The summed E-state index contributed by atoms with van der Waals surface area (Å²) in [7, 11) is 1.61. The van der Waals surface area contributed by atoms with Crippen LogP contribution in [0.5, 0.6) is 17.2 Å². The maximum absolute atomic E-state index is 10.6. The number of halogens is 2. The summed E-state index contributed by atoms with van der Waals surface area (Å²) < 4.78 is 12.8. The van der Waals surface area contributed by atoms with E-state index in [0.717, 1.165) is 16.5 Å². The van der Waals surface area contributed by atoms with Gasteiger partial charge in [0.25, 0.3) is 0 Å². The Bertz CT molecular complexity index is 892. The van der Waals surface area contributed by atoms with Crippen molar-refractivity contribution in [1.82, 2.24) is 0 Å². The Morgan fingerprint density at radius 2 is 1.75 bits per heavy atom. The highest BCUT2D eigenvalue weighted by Gasteiger charge is 2.20. The molecule has 0 radical (unpaired) electrons. The molecule has 0 aliphatic carbocycles. The zero-order valence-electron chi connectivity index (χ0n) is 13.3. The molecule has 24 heavy (non-hydrogen) atoms. The lowest BCUT2D eigenvalue weighted by atomic mass is 10.0. The first-order chi connectivity index (χ1) is 11.5. The molecule has 124 valence electrons. The minimum absolute atomic E-state index is 0.126. The molecule has 0 aliphatic rings. The van der Waals surface area contributed by atoms with E-state index in [1.165, 1.54) is 0 Å². The lowest BCUT2D eigenvalue weighted by Gasteiger charge is -2.17. The van der Waals surface area contributed by atoms with E-state index in [-0.39, 0.29) is 5.75 Å². The van der Waals surface area contributed by atoms with Crippen LogP contribution in [0, 0.1) is 6.92 Å². The maximum atomic E-state index is 10.6. The van der Waals surface area contributed by atoms with Crippen LogP contribution in [-0.4, -0.2) is 12.2 Å². The Morgan fingerprint density at radius 3 is 2.42 bits per heavy atom. The zero-order chi connectivity index (χ0) is 17.3. The topological polar surface area (TPSA) is 38.7 Å². The third-order valence-electron chi connectivity index (χ3n) is 3.77. The molecule has 0 unspecified atom stereocenters. The fraction of sp³-hybridized carbons (Fsp3) is 0.158. The van der Waals surface area contributed by atoms with E-state index in [9.17, 15) is 5.11 Å². The molecule has 3 rings (SSSR count). The number of hydrogen-bond donors (Lipinski definition) is 1. The van der Waals surface area contributed by atoms with Crippen molar-refractivity contribution in [1.29, 1.82) is 0 Å². The lowest BCUT2D eigenvalue weighted by molar-refractivity contribution is 0.308. The first-order valence-corrected chi connectivity index (χ1v) is 8.96. The second-order valence-corrected chi connectivity index (χ2v) is 7.06. The number of phenols is 1. The SMILES string of the molecule is COc1c(Br)c(Br)c(O)c2c(OCc3ccccc3)cc(C)cc12. The normalized spacial score (nSPS) is 10.8. The van der Waals surface area contributed by atoms with E-state index < -0.39 is 0 Å². The van der Waals surface area contributed by atoms with Crippen molar-refractivity contribution in [2.75, 3.05) is 7.11 Å². The summed E-state index contributed by atoms with van der Waals surface area (Å²) in [4.78, 5) is 0. The fourth-order valence-electron chi connectivity index (χ4n) is 2.66. The van der Waals surface area contributed by atoms with Gasteiger partial charge in [0.05, 0.1) is 21.4 Å². The van der Waals surface area contributed by atoms with Gasteiger partial charge in [0, 0.05) is 5.39 Å². The van der Waals surface area contributed by atoms with Gasteiger partial charge in [-0.2, -0.15) is 0 Å². The summed E-state index contributed by atoms with van der Waals surface area (Å²) in [5, 5.41) is 12.0. The minimum atomic E-state index is 0.126. The smallest absolute Gasteiger partial charge is 0.142 e. The zero-order valence-corrected chi connectivity index (χ0v) is 16.4. The highest BCUT2D eigenvalue weighted by Crippen LogP contribution is 2.49. The Kier molecular flexibility index (Phi) is 5.01. The van der Waals surface area contributed by atoms with E-state index >= 15 is 0 Å². The standard InChI is InChI=1S/C19H16Br2O3/c1-11-8-13-15(18(22)16(20)17(21)19(13)23-2)14(9-11)24-10-12-6-4-3-5-7-12/h3-9,22H,10H2,1-2H3. The Labute approximate surface area is 157 Å². The van der Waals surface area contributed by atoms with Gasteiger partial charge in [-0.1, -0.05) is 30.3 Å². The average molecular weight is 452 g/mol. The number of aromatic hydroxyl groups is 1. The van der Waals surface area contributed by atoms with Crippen molar-refractivity contribution in [3.8, 4) is 17.2 Å². The van der Waals surface area contributed by atoms with Crippen molar-refractivity contribution in [2.45, 2.75) is 13.5 Å². The number of rotatable bonds is 4. The van der Waals surface area contributed by atoms with Crippen LogP contribution in [-0.2, 0) is 6.61 Å². The number of benzene rings is 3. The van der Waals surface area contributed by atoms with Gasteiger partial charge in [-0.15, -0.1) is 0 Å². The van der Waals surface area contributed by atoms with Gasteiger partial charge in [0.15, 0.2) is 0 Å². The quantitative estimate of drug-likeness (QED) is 0.531. The van der Waals surface area contributed by atoms with Crippen LogP contribution in [0.1, 0.15) is 11.1 Å². The molecule has 1 N–H and O–H groups in total. The second kappa shape index (κ2) is 7.03. The molecule has 0 amide bonds. The molecule has 0 saturated carbocycles. The molecule has 3 nitrogen and oxygen atoms in total. The molecule has 0 bridgehead atoms. The second-order valence-electron chi connectivity index (χ2n) is 5.47. The molecule has 0 aliphatic heterocycles. The van der Waals surface area contributed by atoms with Crippen LogP contribution in [0.25, 0.3) is 10.8 Å². The van der Waals surface area contributed by atoms with Crippen molar-refractivity contribution in [2.24, 2.45) is 0 Å². The Morgan fingerprint density at radius 1 is 1.04 bits per heavy atom. The monoisotopic (exact) mass is 450 g/mol. The van der Waals surface area contributed by atoms with Crippen LogP contribution < -0.4 is 9.47 Å². The summed E-state index contributed by atoms with van der Waals surface area (Å²) in [5.41, 5.74) is 2.09. The van der Waals surface area contributed by atoms with E-state index in [2.05, 4.69) is 31.9 Å². The van der Waals surface area contributed by atoms with Crippen molar-refractivity contribution < 1.29 is 14.6 Å². The molecular formula is C19H16Br2O3. The predicted molar refractivity (Wildman–Crippen MR) is 103 cm³/mol. The third kappa shape index (κ3) is 3.10. The van der Waals surface area contributed by atoms with E-state index in [0.29, 0.717) is 32.4 Å². The number of fused-ring (bicyclic) bond motifs is 1. The number of methoxy groups -OCH3 is 1. The number of phenolic OH excluding ortho intramolecular Hbond substituents is 1. The highest BCUT2D eigenvalue weighted by atomic mass is 79.9. The number of ether oxygens (including phenoxy) is 2. The van der Waals surface area contributed by atoms with Gasteiger partial charge in [-0.3, -0.25) is 0 Å². The van der Waals surface area contributed by atoms with Crippen molar-refractivity contribution in [3.05, 3.63) is 62.5 Å². The molecule has 3 aromatic carbocycles. The first-order valence-electron chi connectivity index (χ1n) is 7.38. The number of aryl methyl sites for hydroxylation is 1. The molecular weight excluding hydrogens is 436 g/mol. The molecule has 0 heterocycles. The lowest BCUT2D eigenvalue weighted by Crippen LogP contribution is -1.98. The largest absolute Gasteiger partial charge is 0.506 e. The summed E-state index contributed by atoms with van der Waals surface area (Å²) in [5.74, 6) is 1.40. The van der Waals surface area contributed by atoms with E-state index in [4.69, 9.17) is 9.47 Å². The Hall–Kier alpha value is -1.72. The Balaban J connectivity index is 2.15. The summed E-state index contributed by atoms with van der Waals surface area (Å²) >= 11 is 6.87. The van der Waals surface area contributed by atoms with Crippen LogP contribution in [0.15, 0.2) is 51.4 Å². The molecule has 0 saturated heterocycles. The van der Waals surface area contributed by atoms with Crippen LogP contribution in [0.3, 0.4) is 0 Å². The fourth-order valence-corrected chi connectivity index (χ4v) is 3.60. The summed E-state index contributed by atoms with van der Waals surface area (Å²) in [6.45, 7) is 2.41. The van der Waals surface area contributed by atoms with Gasteiger partial charge in [-0.25, -0.2) is 0 Å². The van der Waals surface area contributed by atoms with Gasteiger partial charge in [-0.05, 0) is 62.0 Å². The van der Waals surface area contributed by atoms with Crippen LogP contribution in [0.4, 0.5) is 0 Å².